The Balaban J connectivity index is 1.62. The average Bonchev–Trinajstić information content (AvgIpc) is 3.03. The van der Waals surface area contributed by atoms with E-state index in [-0.39, 0.29) is 18.0 Å². The van der Waals surface area contributed by atoms with Crippen LogP contribution in [0.3, 0.4) is 0 Å². The Bertz CT molecular complexity index is 952. The maximum atomic E-state index is 13.7. The largest absolute Gasteiger partial charge is 0.416 e. The van der Waals surface area contributed by atoms with E-state index in [1.807, 2.05) is 0 Å². The number of hydrogen-bond acceptors (Lipinski definition) is 2. The van der Waals surface area contributed by atoms with Gasteiger partial charge in [-0.05, 0) is 24.3 Å². The molecule has 0 atom stereocenters. The Morgan fingerprint density at radius 3 is 2.52 bits per heavy atom. The van der Waals surface area contributed by atoms with Crippen molar-refractivity contribution in [1.82, 2.24) is 9.78 Å². The van der Waals surface area contributed by atoms with Crippen LogP contribution in [0, 0.1) is 5.82 Å². The van der Waals surface area contributed by atoms with Crippen molar-refractivity contribution in [2.24, 2.45) is 0 Å². The van der Waals surface area contributed by atoms with Gasteiger partial charge in [0.05, 0.1) is 24.0 Å². The lowest BCUT2D eigenvalue weighted by molar-refractivity contribution is -0.137. The second kappa shape index (κ2) is 7.48. The first-order valence-corrected chi connectivity index (χ1v) is 7.82. The maximum Gasteiger partial charge on any atom is 0.416 e. The normalized spacial score (nSPS) is 11.3. The first kappa shape index (κ1) is 18.4. The predicted molar refractivity (Wildman–Crippen MR) is 91.8 cm³/mol. The molecule has 0 bridgehead atoms. The molecule has 0 spiro atoms. The Morgan fingerprint density at radius 2 is 1.78 bits per heavy atom. The van der Waals surface area contributed by atoms with Crippen molar-refractivity contribution in [3.05, 3.63) is 77.9 Å². The Morgan fingerprint density at radius 1 is 1.04 bits per heavy atom. The summed E-state index contributed by atoms with van der Waals surface area (Å²) in [6.45, 7) is 0.170. The van der Waals surface area contributed by atoms with E-state index in [0.29, 0.717) is 11.3 Å². The van der Waals surface area contributed by atoms with Crippen LogP contribution in [0.1, 0.15) is 11.1 Å². The third-order valence-corrected chi connectivity index (χ3v) is 3.63. The molecule has 3 rings (SSSR count). The fraction of sp³-hybridized carbons (Fsp3) is 0.111. The zero-order valence-corrected chi connectivity index (χ0v) is 13.8. The molecule has 0 radical (unpaired) electrons. The second-order valence-electron chi connectivity index (χ2n) is 5.68. The van der Waals surface area contributed by atoms with Crippen molar-refractivity contribution in [2.75, 3.05) is 10.6 Å². The second-order valence-corrected chi connectivity index (χ2v) is 5.68. The molecule has 0 aliphatic heterocycles. The summed E-state index contributed by atoms with van der Waals surface area (Å²) < 4.78 is 53.2. The first-order valence-electron chi connectivity index (χ1n) is 7.82. The summed E-state index contributed by atoms with van der Waals surface area (Å²) in [6.07, 6.45) is -1.66. The zero-order valence-electron chi connectivity index (χ0n) is 13.8. The zero-order chi connectivity index (χ0) is 19.4. The van der Waals surface area contributed by atoms with E-state index in [0.717, 1.165) is 12.1 Å². The molecule has 2 aromatic carbocycles. The van der Waals surface area contributed by atoms with E-state index in [2.05, 4.69) is 15.7 Å². The number of amides is 2. The maximum absolute atomic E-state index is 13.7. The number of alkyl halides is 3. The average molecular weight is 378 g/mol. The molecular weight excluding hydrogens is 364 g/mol. The van der Waals surface area contributed by atoms with Crippen molar-refractivity contribution >= 4 is 17.4 Å². The van der Waals surface area contributed by atoms with Crippen molar-refractivity contribution in [3.8, 4) is 0 Å². The van der Waals surface area contributed by atoms with E-state index in [4.69, 9.17) is 0 Å². The van der Waals surface area contributed by atoms with Crippen LogP contribution in [0.4, 0.5) is 33.7 Å². The highest BCUT2D eigenvalue weighted by atomic mass is 19.4. The highest BCUT2D eigenvalue weighted by Crippen LogP contribution is 2.30. The van der Waals surface area contributed by atoms with Gasteiger partial charge >= 0.3 is 12.2 Å². The van der Waals surface area contributed by atoms with Gasteiger partial charge in [0.25, 0.3) is 0 Å². The number of nitrogens with one attached hydrogen (secondary N) is 2. The Kier molecular flexibility index (Phi) is 5.11. The summed E-state index contributed by atoms with van der Waals surface area (Å²) in [6, 6.07) is 9.79. The molecule has 0 aliphatic carbocycles. The summed E-state index contributed by atoms with van der Waals surface area (Å²) in [4.78, 5) is 12.0. The Labute approximate surface area is 151 Å². The van der Waals surface area contributed by atoms with Crippen molar-refractivity contribution < 1.29 is 22.4 Å². The summed E-state index contributed by atoms with van der Waals surface area (Å²) in [5.74, 6) is -0.371. The molecular formula is C18H14F4N4O. The summed E-state index contributed by atoms with van der Waals surface area (Å²) in [7, 11) is 0. The van der Waals surface area contributed by atoms with E-state index in [1.165, 1.54) is 35.3 Å². The van der Waals surface area contributed by atoms with Crippen LogP contribution in [0.25, 0.3) is 0 Å². The smallest absolute Gasteiger partial charge is 0.308 e. The van der Waals surface area contributed by atoms with Crippen LogP contribution in [0.15, 0.2) is 60.9 Å². The molecule has 2 N–H and O–H groups in total. The molecule has 0 saturated heterocycles. The molecule has 2 amide bonds. The fourth-order valence-corrected chi connectivity index (χ4v) is 2.38. The van der Waals surface area contributed by atoms with Crippen molar-refractivity contribution in [1.29, 1.82) is 0 Å². The SMILES string of the molecule is O=C(Nc1cccc(C(F)(F)F)c1)Nc1cnn(Cc2ccccc2F)c1. The number of nitrogens with zero attached hydrogens (tertiary/aromatic N) is 2. The van der Waals surface area contributed by atoms with E-state index < -0.39 is 17.8 Å². The monoisotopic (exact) mass is 378 g/mol. The van der Waals surface area contributed by atoms with Crippen LogP contribution < -0.4 is 10.6 Å². The van der Waals surface area contributed by atoms with Crippen LogP contribution in [0.2, 0.25) is 0 Å². The molecule has 1 aromatic heterocycles. The van der Waals surface area contributed by atoms with Crippen LogP contribution in [0.5, 0.6) is 0 Å². The highest BCUT2D eigenvalue weighted by molar-refractivity contribution is 5.99. The van der Waals surface area contributed by atoms with E-state index in [1.54, 1.807) is 18.2 Å². The van der Waals surface area contributed by atoms with E-state index >= 15 is 0 Å². The number of urea groups is 1. The topological polar surface area (TPSA) is 59.0 Å². The Hall–Kier alpha value is -3.36. The molecule has 0 saturated carbocycles. The molecule has 0 unspecified atom stereocenters. The number of aromatic nitrogens is 2. The number of rotatable bonds is 4. The highest BCUT2D eigenvalue weighted by Gasteiger charge is 2.30. The lowest BCUT2D eigenvalue weighted by Gasteiger charge is -2.10. The molecule has 0 aliphatic rings. The molecule has 0 fully saturated rings. The minimum absolute atomic E-state index is 0.000994. The van der Waals surface area contributed by atoms with E-state index in [9.17, 15) is 22.4 Å². The van der Waals surface area contributed by atoms with Gasteiger partial charge in [-0.1, -0.05) is 24.3 Å². The third-order valence-electron chi connectivity index (χ3n) is 3.63. The van der Waals surface area contributed by atoms with Gasteiger partial charge in [0.15, 0.2) is 0 Å². The van der Waals surface area contributed by atoms with Gasteiger partial charge in [-0.15, -0.1) is 0 Å². The lowest BCUT2D eigenvalue weighted by atomic mass is 10.2. The number of carbonyl (C=O) groups is 1. The third kappa shape index (κ3) is 4.84. The summed E-state index contributed by atoms with van der Waals surface area (Å²) in [5.41, 5.74) is -0.115. The quantitative estimate of drug-likeness (QED) is 0.645. The number of anilines is 2. The summed E-state index contributed by atoms with van der Waals surface area (Å²) in [5, 5.41) is 8.80. The van der Waals surface area contributed by atoms with Gasteiger partial charge in [0.2, 0.25) is 0 Å². The van der Waals surface area contributed by atoms with Crippen LogP contribution in [-0.4, -0.2) is 15.8 Å². The number of hydrogen-bond donors (Lipinski definition) is 2. The molecule has 3 aromatic rings. The minimum Gasteiger partial charge on any atom is -0.308 e. The number of carbonyl (C=O) groups excluding carboxylic acids is 1. The van der Waals surface area contributed by atoms with Crippen molar-refractivity contribution in [2.45, 2.75) is 12.7 Å². The van der Waals surface area contributed by atoms with Gasteiger partial charge in [0, 0.05) is 17.4 Å². The predicted octanol–water partition coefficient (Wildman–Crippen LogP) is 4.73. The molecule has 1 heterocycles. The summed E-state index contributed by atoms with van der Waals surface area (Å²) >= 11 is 0. The van der Waals surface area contributed by atoms with Gasteiger partial charge in [-0.3, -0.25) is 4.68 Å². The van der Waals surface area contributed by atoms with Gasteiger partial charge < -0.3 is 10.6 Å². The van der Waals surface area contributed by atoms with Crippen LogP contribution >= 0.6 is 0 Å². The lowest BCUT2D eigenvalue weighted by Crippen LogP contribution is -2.19. The molecule has 27 heavy (non-hydrogen) atoms. The minimum atomic E-state index is -4.50. The van der Waals surface area contributed by atoms with Gasteiger partial charge in [-0.25, -0.2) is 9.18 Å². The van der Waals surface area contributed by atoms with Crippen LogP contribution in [-0.2, 0) is 12.7 Å². The molecule has 140 valence electrons. The first-order chi connectivity index (χ1) is 12.8. The standard InChI is InChI=1S/C18H14F4N4O/c19-16-7-2-1-4-12(16)10-26-11-15(9-23-26)25-17(27)24-14-6-3-5-13(8-14)18(20,21)22/h1-9,11H,10H2,(H2,24,25,27). The molecule has 5 nitrogen and oxygen atoms in total. The number of benzene rings is 2. The number of halogens is 4. The van der Waals surface area contributed by atoms with Crippen molar-refractivity contribution in [3.63, 3.8) is 0 Å². The molecule has 9 heteroatoms. The fourth-order valence-electron chi connectivity index (χ4n) is 2.38. The van der Waals surface area contributed by atoms with Gasteiger partial charge in [-0.2, -0.15) is 18.3 Å². The van der Waals surface area contributed by atoms with Gasteiger partial charge in [0.1, 0.15) is 5.82 Å².